The highest BCUT2D eigenvalue weighted by atomic mass is 16.5. The molecule has 3 aromatic rings. The van der Waals surface area contributed by atoms with Crippen molar-refractivity contribution in [2.45, 2.75) is 50.7 Å². The first-order valence-corrected chi connectivity index (χ1v) is 15.1. The Morgan fingerprint density at radius 2 is 1.93 bits per heavy atom. The van der Waals surface area contributed by atoms with Gasteiger partial charge < -0.3 is 24.3 Å². The van der Waals surface area contributed by atoms with E-state index >= 15 is 0 Å². The number of rotatable bonds is 7. The fourth-order valence-electron chi connectivity index (χ4n) is 6.70. The minimum atomic E-state index is -0.227. The molecule has 2 atom stereocenters. The van der Waals surface area contributed by atoms with Crippen LogP contribution in [-0.4, -0.2) is 84.1 Å². The summed E-state index contributed by atoms with van der Waals surface area (Å²) in [4.78, 5) is 31.4. The van der Waals surface area contributed by atoms with Crippen molar-refractivity contribution in [2.24, 2.45) is 0 Å². The average Bonchev–Trinajstić information content (AvgIpc) is 3.31. The third-order valence-electron chi connectivity index (χ3n) is 9.00. The number of benzene rings is 2. The monoisotopic (exact) mass is 565 g/mol. The van der Waals surface area contributed by atoms with Crippen molar-refractivity contribution in [3.63, 3.8) is 0 Å². The quantitative estimate of drug-likeness (QED) is 0.395. The van der Waals surface area contributed by atoms with Gasteiger partial charge in [-0.05, 0) is 56.8 Å². The first-order chi connectivity index (χ1) is 20.6. The van der Waals surface area contributed by atoms with Gasteiger partial charge in [-0.2, -0.15) is 15.2 Å². The second-order valence-corrected chi connectivity index (χ2v) is 11.6. The molecule has 0 aliphatic carbocycles. The Balaban J connectivity index is 1.35. The number of aromatic nitrogens is 2. The highest BCUT2D eigenvalue weighted by Gasteiger charge is 2.33. The van der Waals surface area contributed by atoms with Gasteiger partial charge in [0.25, 0.3) is 0 Å². The Labute approximate surface area is 248 Å². The summed E-state index contributed by atoms with van der Waals surface area (Å²) in [6, 6.07) is 17.8. The zero-order valence-electron chi connectivity index (χ0n) is 24.4. The number of likely N-dealkylation sites (tertiary alicyclic amines) is 1. The summed E-state index contributed by atoms with van der Waals surface area (Å²) in [5, 5.41) is 12.0. The van der Waals surface area contributed by atoms with Crippen LogP contribution in [0.3, 0.4) is 0 Å². The molecule has 3 aliphatic heterocycles. The number of fused-ring (bicyclic) bond motifs is 2. The highest BCUT2D eigenvalue weighted by Crippen LogP contribution is 2.34. The van der Waals surface area contributed by atoms with Crippen LogP contribution in [-0.2, 0) is 17.8 Å². The van der Waals surface area contributed by atoms with Crippen LogP contribution in [0.15, 0.2) is 55.1 Å². The van der Waals surface area contributed by atoms with E-state index in [1.165, 1.54) is 29.0 Å². The second kappa shape index (κ2) is 12.4. The van der Waals surface area contributed by atoms with Crippen molar-refractivity contribution >= 4 is 28.2 Å². The lowest BCUT2D eigenvalue weighted by atomic mass is 10.1. The van der Waals surface area contributed by atoms with Gasteiger partial charge in [-0.3, -0.25) is 4.79 Å². The van der Waals surface area contributed by atoms with Gasteiger partial charge in [0.05, 0.1) is 30.8 Å². The van der Waals surface area contributed by atoms with Crippen molar-refractivity contribution in [1.82, 2.24) is 19.8 Å². The minimum Gasteiger partial charge on any atom is -0.462 e. The van der Waals surface area contributed by atoms with Gasteiger partial charge in [0.2, 0.25) is 5.91 Å². The molecule has 1 aromatic heterocycles. The lowest BCUT2D eigenvalue weighted by molar-refractivity contribution is -0.128. The maximum Gasteiger partial charge on any atom is 0.318 e. The summed E-state index contributed by atoms with van der Waals surface area (Å²) in [7, 11) is 2.14. The highest BCUT2D eigenvalue weighted by molar-refractivity contribution is 5.94. The number of amides is 1. The number of likely N-dealkylation sites (N-methyl/N-ethyl adjacent to an activating group) is 1. The third kappa shape index (κ3) is 5.64. The van der Waals surface area contributed by atoms with Crippen molar-refractivity contribution in [3.8, 4) is 12.1 Å². The lowest BCUT2D eigenvalue weighted by Crippen LogP contribution is -2.55. The molecule has 6 rings (SSSR count). The normalized spacial score (nSPS) is 21.1. The molecule has 3 aliphatic rings. The van der Waals surface area contributed by atoms with E-state index < -0.39 is 0 Å². The summed E-state index contributed by atoms with van der Waals surface area (Å²) in [5.41, 5.74) is 3.34. The first kappa shape index (κ1) is 28.0. The average molecular weight is 566 g/mol. The molecular formula is C33H39N7O2. The van der Waals surface area contributed by atoms with E-state index in [4.69, 9.17) is 14.7 Å². The Hall–Kier alpha value is -4.16. The molecule has 42 heavy (non-hydrogen) atoms. The zero-order chi connectivity index (χ0) is 29.1. The molecule has 4 heterocycles. The van der Waals surface area contributed by atoms with Crippen LogP contribution in [0.5, 0.6) is 6.01 Å². The van der Waals surface area contributed by atoms with Crippen LogP contribution in [0, 0.1) is 11.3 Å². The molecule has 0 N–H and O–H groups in total. The summed E-state index contributed by atoms with van der Waals surface area (Å²) >= 11 is 0. The smallest absolute Gasteiger partial charge is 0.318 e. The number of piperazine rings is 1. The molecule has 9 heteroatoms. The summed E-state index contributed by atoms with van der Waals surface area (Å²) in [6.45, 7) is 8.55. The topological polar surface area (TPSA) is 88.8 Å². The van der Waals surface area contributed by atoms with Crippen molar-refractivity contribution < 1.29 is 9.53 Å². The lowest BCUT2D eigenvalue weighted by Gasteiger charge is -2.41. The van der Waals surface area contributed by atoms with Crippen LogP contribution < -0.4 is 14.5 Å². The first-order valence-electron chi connectivity index (χ1n) is 15.1. The molecule has 1 amide bonds. The van der Waals surface area contributed by atoms with Crippen molar-refractivity contribution in [1.29, 1.82) is 5.26 Å². The number of nitrogens with zero attached hydrogens (tertiary/aromatic N) is 7. The van der Waals surface area contributed by atoms with Gasteiger partial charge in [0.1, 0.15) is 12.4 Å². The van der Waals surface area contributed by atoms with Gasteiger partial charge in [0, 0.05) is 48.9 Å². The van der Waals surface area contributed by atoms with Gasteiger partial charge in [-0.1, -0.05) is 43.0 Å². The van der Waals surface area contributed by atoms with Crippen LogP contribution in [0.1, 0.15) is 36.9 Å². The summed E-state index contributed by atoms with van der Waals surface area (Å²) in [6.07, 6.45) is 5.70. The second-order valence-electron chi connectivity index (χ2n) is 11.6. The number of hydrogen-bond donors (Lipinski definition) is 0. The van der Waals surface area contributed by atoms with E-state index in [2.05, 4.69) is 76.9 Å². The molecule has 2 saturated heterocycles. The fourth-order valence-corrected chi connectivity index (χ4v) is 6.70. The number of nitriles is 1. The van der Waals surface area contributed by atoms with Crippen LogP contribution in [0.2, 0.25) is 0 Å². The third-order valence-corrected chi connectivity index (χ3v) is 9.00. The Kier molecular flexibility index (Phi) is 8.24. The van der Waals surface area contributed by atoms with Gasteiger partial charge in [-0.15, -0.1) is 0 Å². The Morgan fingerprint density at radius 1 is 1.07 bits per heavy atom. The van der Waals surface area contributed by atoms with Crippen molar-refractivity contribution in [3.05, 3.63) is 66.4 Å². The van der Waals surface area contributed by atoms with E-state index in [0.29, 0.717) is 44.8 Å². The predicted molar refractivity (Wildman–Crippen MR) is 165 cm³/mol. The summed E-state index contributed by atoms with van der Waals surface area (Å²) < 4.78 is 6.32. The zero-order valence-corrected chi connectivity index (χ0v) is 24.4. The minimum absolute atomic E-state index is 0.133. The number of hydrogen-bond acceptors (Lipinski definition) is 8. The number of carbonyl (C=O) groups excluding carboxylic acids is 1. The number of anilines is 2. The maximum atomic E-state index is 12.6. The van der Waals surface area contributed by atoms with Crippen LogP contribution in [0.4, 0.5) is 11.5 Å². The van der Waals surface area contributed by atoms with E-state index in [0.717, 1.165) is 49.4 Å². The molecule has 218 valence electrons. The summed E-state index contributed by atoms with van der Waals surface area (Å²) in [5.74, 6) is 0.745. The van der Waals surface area contributed by atoms with E-state index in [1.807, 2.05) is 0 Å². The Bertz CT molecular complexity index is 1500. The SMILES string of the molecule is C=CC(=O)N1CCN(c2nc(OC[C@@H]3CCCN3C)nc3c2CCCN(c2cccc4ccccc24)C3)C[C@H]1CC#N. The predicted octanol–water partition coefficient (Wildman–Crippen LogP) is 4.17. The van der Waals surface area contributed by atoms with Crippen molar-refractivity contribution in [2.75, 3.05) is 56.2 Å². The van der Waals surface area contributed by atoms with Gasteiger partial charge in [0.15, 0.2) is 0 Å². The van der Waals surface area contributed by atoms with Crippen LogP contribution in [0.25, 0.3) is 10.8 Å². The molecular weight excluding hydrogens is 526 g/mol. The molecule has 0 saturated carbocycles. The van der Waals surface area contributed by atoms with Gasteiger partial charge in [-0.25, -0.2) is 0 Å². The fraction of sp³-hybridized carbons (Fsp3) is 0.455. The number of ether oxygens (including phenoxy) is 1. The number of carbonyl (C=O) groups is 1. The Morgan fingerprint density at radius 3 is 2.74 bits per heavy atom. The molecule has 0 unspecified atom stereocenters. The molecule has 0 radical (unpaired) electrons. The standard InChI is InChI=1S/C33H39N7O2/c1-3-31(41)40-20-19-39(21-25(40)15-16-34)32-28-13-8-18-38(30-14-6-10-24-9-4-5-12-27(24)30)22-29(28)35-33(36-32)42-23-26-11-7-17-37(26)2/h3-6,9-10,12,14,25-26H,1,7-8,11,13,15,17-23H2,2H3/t25-,26+/m1/s1. The molecule has 0 bridgehead atoms. The van der Waals surface area contributed by atoms with E-state index in [-0.39, 0.29) is 18.4 Å². The van der Waals surface area contributed by atoms with E-state index in [9.17, 15) is 10.1 Å². The maximum absolute atomic E-state index is 12.6. The largest absolute Gasteiger partial charge is 0.462 e. The van der Waals surface area contributed by atoms with E-state index in [1.54, 1.807) is 4.90 Å². The molecule has 0 spiro atoms. The molecule has 2 fully saturated rings. The van der Waals surface area contributed by atoms with Crippen LogP contribution >= 0.6 is 0 Å². The van der Waals surface area contributed by atoms with Gasteiger partial charge >= 0.3 is 6.01 Å². The molecule has 9 nitrogen and oxygen atoms in total. The molecule has 2 aromatic carbocycles.